The average Bonchev–Trinajstić information content (AvgIpc) is 2.97. The summed E-state index contributed by atoms with van der Waals surface area (Å²) in [7, 11) is 1.44. The van der Waals surface area contributed by atoms with E-state index < -0.39 is 0 Å². The van der Waals surface area contributed by atoms with Crippen LogP contribution in [0.25, 0.3) is 0 Å². The van der Waals surface area contributed by atoms with Crippen molar-refractivity contribution in [1.82, 2.24) is 0 Å². The minimum Gasteiger partial charge on any atom is -0.469 e. The molecule has 2 atom stereocenters. The Morgan fingerprint density at radius 1 is 1.60 bits per heavy atom. The number of hydrogen-bond donors (Lipinski definition) is 0. The lowest BCUT2D eigenvalue weighted by atomic mass is 10.1. The van der Waals surface area contributed by atoms with E-state index in [1.54, 1.807) is 0 Å². The first-order valence-electron chi connectivity index (χ1n) is 5.03. The largest absolute Gasteiger partial charge is 0.469 e. The molecule has 0 N–H and O–H groups in total. The molecule has 2 nitrogen and oxygen atoms in total. The van der Waals surface area contributed by atoms with Crippen molar-refractivity contribution in [2.45, 2.75) is 18.8 Å². The Bertz CT molecular complexity index is 376. The van der Waals surface area contributed by atoms with Gasteiger partial charge in [0.15, 0.2) is 0 Å². The molecule has 1 aliphatic carbocycles. The molecular formula is C12H13BrO2. The summed E-state index contributed by atoms with van der Waals surface area (Å²) in [5.41, 5.74) is 1.32. The van der Waals surface area contributed by atoms with Gasteiger partial charge in [0.25, 0.3) is 0 Å². The highest BCUT2D eigenvalue weighted by atomic mass is 79.9. The first-order valence-corrected chi connectivity index (χ1v) is 5.82. The Morgan fingerprint density at radius 3 is 3.07 bits per heavy atom. The number of rotatable bonds is 3. The van der Waals surface area contributed by atoms with Crippen molar-refractivity contribution in [3.05, 3.63) is 34.3 Å². The third kappa shape index (κ3) is 2.59. The van der Waals surface area contributed by atoms with E-state index in [2.05, 4.69) is 32.8 Å². The summed E-state index contributed by atoms with van der Waals surface area (Å²) >= 11 is 3.45. The van der Waals surface area contributed by atoms with E-state index in [-0.39, 0.29) is 5.97 Å². The Labute approximate surface area is 97.8 Å². The second kappa shape index (κ2) is 4.35. The van der Waals surface area contributed by atoms with Gasteiger partial charge < -0.3 is 4.74 Å². The van der Waals surface area contributed by atoms with Crippen LogP contribution in [0, 0.1) is 5.92 Å². The minimum absolute atomic E-state index is 0.0995. The van der Waals surface area contributed by atoms with Crippen molar-refractivity contribution in [2.75, 3.05) is 7.11 Å². The third-order valence-corrected chi connectivity index (χ3v) is 3.35. The van der Waals surface area contributed by atoms with Gasteiger partial charge in [0.1, 0.15) is 0 Å². The first-order chi connectivity index (χ1) is 7.20. The fraction of sp³-hybridized carbons (Fsp3) is 0.417. The molecule has 3 heteroatoms. The van der Waals surface area contributed by atoms with Gasteiger partial charge in [-0.1, -0.05) is 28.1 Å². The lowest BCUT2D eigenvalue weighted by Crippen LogP contribution is -2.01. The molecular weight excluding hydrogens is 256 g/mol. The van der Waals surface area contributed by atoms with Gasteiger partial charge in [0.2, 0.25) is 0 Å². The van der Waals surface area contributed by atoms with Gasteiger partial charge in [-0.3, -0.25) is 4.79 Å². The lowest BCUT2D eigenvalue weighted by molar-refractivity contribution is -0.141. The Balaban J connectivity index is 1.96. The van der Waals surface area contributed by atoms with E-state index in [1.165, 1.54) is 12.7 Å². The molecule has 1 saturated carbocycles. The number of benzene rings is 1. The van der Waals surface area contributed by atoms with E-state index in [0.29, 0.717) is 18.3 Å². The average molecular weight is 269 g/mol. The van der Waals surface area contributed by atoms with Gasteiger partial charge in [-0.05, 0) is 36.0 Å². The summed E-state index contributed by atoms with van der Waals surface area (Å²) in [6.45, 7) is 0. The van der Waals surface area contributed by atoms with E-state index in [4.69, 9.17) is 0 Å². The molecule has 2 unspecified atom stereocenters. The number of hydrogen-bond acceptors (Lipinski definition) is 2. The standard InChI is InChI=1S/C12H13BrO2/c1-15-12(14)7-9-6-11(9)8-3-2-4-10(13)5-8/h2-5,9,11H,6-7H2,1H3. The molecule has 0 aliphatic heterocycles. The van der Waals surface area contributed by atoms with Crippen LogP contribution in [0.15, 0.2) is 28.7 Å². The molecule has 15 heavy (non-hydrogen) atoms. The number of esters is 1. The van der Waals surface area contributed by atoms with Gasteiger partial charge in [-0.25, -0.2) is 0 Å². The van der Waals surface area contributed by atoms with E-state index in [0.717, 1.165) is 10.9 Å². The maximum absolute atomic E-state index is 11.1. The predicted molar refractivity (Wildman–Crippen MR) is 61.6 cm³/mol. The molecule has 80 valence electrons. The second-order valence-corrected chi connectivity index (χ2v) is 4.85. The monoisotopic (exact) mass is 268 g/mol. The van der Waals surface area contributed by atoms with Gasteiger partial charge in [0, 0.05) is 10.9 Å². The molecule has 1 aliphatic rings. The van der Waals surface area contributed by atoms with Crippen LogP contribution < -0.4 is 0 Å². The maximum Gasteiger partial charge on any atom is 0.305 e. The summed E-state index contributed by atoms with van der Waals surface area (Å²) < 4.78 is 5.76. The minimum atomic E-state index is -0.0995. The van der Waals surface area contributed by atoms with Crippen molar-refractivity contribution in [2.24, 2.45) is 5.92 Å². The molecule has 0 amide bonds. The molecule has 1 aromatic carbocycles. The van der Waals surface area contributed by atoms with Crippen LogP contribution in [-0.4, -0.2) is 13.1 Å². The molecule has 0 spiro atoms. The van der Waals surface area contributed by atoms with Crippen LogP contribution >= 0.6 is 15.9 Å². The number of carbonyl (C=O) groups is 1. The van der Waals surface area contributed by atoms with Gasteiger partial charge in [0.05, 0.1) is 7.11 Å². The van der Waals surface area contributed by atoms with Crippen molar-refractivity contribution in [1.29, 1.82) is 0 Å². The van der Waals surface area contributed by atoms with Crippen LogP contribution in [0.1, 0.15) is 24.3 Å². The van der Waals surface area contributed by atoms with Gasteiger partial charge >= 0.3 is 5.97 Å². The summed E-state index contributed by atoms with van der Waals surface area (Å²) in [5.74, 6) is 0.922. The molecule has 0 saturated heterocycles. The fourth-order valence-electron chi connectivity index (χ4n) is 1.92. The van der Waals surface area contributed by atoms with Crippen molar-refractivity contribution < 1.29 is 9.53 Å². The first kappa shape index (κ1) is 10.7. The zero-order valence-corrected chi connectivity index (χ0v) is 10.2. The summed E-state index contributed by atoms with van der Waals surface area (Å²) in [6.07, 6.45) is 1.65. The molecule has 0 aromatic heterocycles. The smallest absolute Gasteiger partial charge is 0.305 e. The van der Waals surface area contributed by atoms with E-state index in [9.17, 15) is 4.79 Å². The fourth-order valence-corrected chi connectivity index (χ4v) is 2.33. The number of carbonyl (C=O) groups excluding carboxylic acids is 1. The molecule has 0 heterocycles. The van der Waals surface area contributed by atoms with Crippen LogP contribution in [-0.2, 0) is 9.53 Å². The van der Waals surface area contributed by atoms with Crippen LogP contribution in [0.3, 0.4) is 0 Å². The summed E-state index contributed by atoms with van der Waals surface area (Å²) in [4.78, 5) is 11.1. The normalized spacial score (nSPS) is 23.6. The van der Waals surface area contributed by atoms with Crippen molar-refractivity contribution >= 4 is 21.9 Å². The molecule has 0 bridgehead atoms. The number of methoxy groups -OCH3 is 1. The van der Waals surface area contributed by atoms with Crippen LogP contribution in [0.5, 0.6) is 0 Å². The highest BCUT2D eigenvalue weighted by Crippen LogP contribution is 2.49. The van der Waals surface area contributed by atoms with Crippen LogP contribution in [0.2, 0.25) is 0 Å². The molecule has 1 aromatic rings. The van der Waals surface area contributed by atoms with Gasteiger partial charge in [-0.2, -0.15) is 0 Å². The lowest BCUT2D eigenvalue weighted by Gasteiger charge is -2.00. The molecule has 1 fully saturated rings. The molecule has 2 rings (SSSR count). The quantitative estimate of drug-likeness (QED) is 0.788. The van der Waals surface area contributed by atoms with Crippen molar-refractivity contribution in [3.63, 3.8) is 0 Å². The second-order valence-electron chi connectivity index (χ2n) is 3.94. The molecule has 0 radical (unpaired) electrons. The summed E-state index contributed by atoms with van der Waals surface area (Å²) in [6, 6.07) is 8.29. The Morgan fingerprint density at radius 2 is 2.40 bits per heavy atom. The topological polar surface area (TPSA) is 26.3 Å². The number of ether oxygens (including phenoxy) is 1. The third-order valence-electron chi connectivity index (χ3n) is 2.86. The highest BCUT2D eigenvalue weighted by Gasteiger charge is 2.39. The maximum atomic E-state index is 11.1. The van der Waals surface area contributed by atoms with Gasteiger partial charge in [-0.15, -0.1) is 0 Å². The Hall–Kier alpha value is -0.830. The zero-order valence-electron chi connectivity index (χ0n) is 8.57. The zero-order chi connectivity index (χ0) is 10.8. The SMILES string of the molecule is COC(=O)CC1CC1c1cccc(Br)c1. The highest BCUT2D eigenvalue weighted by molar-refractivity contribution is 9.10. The Kier molecular flexibility index (Phi) is 3.10. The van der Waals surface area contributed by atoms with E-state index >= 15 is 0 Å². The summed E-state index contributed by atoms with van der Waals surface area (Å²) in [5, 5.41) is 0. The number of halogens is 1. The predicted octanol–water partition coefficient (Wildman–Crippen LogP) is 3.12. The van der Waals surface area contributed by atoms with Crippen LogP contribution in [0.4, 0.5) is 0 Å². The van der Waals surface area contributed by atoms with Crippen molar-refractivity contribution in [3.8, 4) is 0 Å². The van der Waals surface area contributed by atoms with E-state index in [1.807, 2.05) is 12.1 Å².